The summed E-state index contributed by atoms with van der Waals surface area (Å²) in [5, 5.41) is 7.73. The van der Waals surface area contributed by atoms with Crippen LogP contribution in [-0.2, 0) is 24.2 Å². The van der Waals surface area contributed by atoms with Crippen molar-refractivity contribution in [2.24, 2.45) is 0 Å². The first-order chi connectivity index (χ1) is 13.0. The van der Waals surface area contributed by atoms with Gasteiger partial charge >= 0.3 is 0 Å². The molecule has 0 saturated heterocycles. The number of rotatable bonds is 7. The summed E-state index contributed by atoms with van der Waals surface area (Å²) in [4.78, 5) is 36.1. The second kappa shape index (κ2) is 8.95. The standard InChI is InChI=1S/C20H22ClN3O3/c21-16-7-5-14(6-8-16)18(25)9-10-19(26)22-11-12-24-20(27)13-15-3-1-2-4-17(15)23-24/h5-8,13H,1-4,9-12H2,(H,22,26). The van der Waals surface area contributed by atoms with E-state index >= 15 is 0 Å². The third-order valence-corrected chi connectivity index (χ3v) is 4.92. The molecule has 0 aliphatic heterocycles. The van der Waals surface area contributed by atoms with Gasteiger partial charge in [0.2, 0.25) is 5.91 Å². The Kier molecular flexibility index (Phi) is 6.40. The summed E-state index contributed by atoms with van der Waals surface area (Å²) in [6.45, 7) is 0.628. The molecule has 0 unspecified atom stereocenters. The average molecular weight is 388 g/mol. The Bertz CT molecular complexity index is 890. The van der Waals surface area contributed by atoms with Crippen molar-refractivity contribution in [3.05, 3.63) is 62.5 Å². The van der Waals surface area contributed by atoms with E-state index in [1.807, 2.05) is 0 Å². The van der Waals surface area contributed by atoms with Gasteiger partial charge < -0.3 is 5.32 Å². The molecule has 0 fully saturated rings. The Hall–Kier alpha value is -2.47. The maximum atomic E-state index is 12.1. The van der Waals surface area contributed by atoms with E-state index in [0.717, 1.165) is 36.9 Å². The van der Waals surface area contributed by atoms with Gasteiger partial charge in [0.15, 0.2) is 5.78 Å². The molecule has 142 valence electrons. The minimum atomic E-state index is -0.219. The van der Waals surface area contributed by atoms with Crippen LogP contribution >= 0.6 is 11.6 Å². The van der Waals surface area contributed by atoms with E-state index < -0.39 is 0 Å². The SMILES string of the molecule is O=C(CCC(=O)c1ccc(Cl)cc1)NCCn1nc2c(cc1=O)CCCC2. The summed E-state index contributed by atoms with van der Waals surface area (Å²) in [5.74, 6) is -0.322. The lowest BCUT2D eigenvalue weighted by molar-refractivity contribution is -0.121. The number of nitrogens with zero attached hydrogens (tertiary/aromatic N) is 2. The van der Waals surface area contributed by atoms with Crippen LogP contribution in [0.2, 0.25) is 5.02 Å². The van der Waals surface area contributed by atoms with E-state index in [1.165, 1.54) is 4.68 Å². The van der Waals surface area contributed by atoms with Crippen molar-refractivity contribution in [1.82, 2.24) is 15.1 Å². The van der Waals surface area contributed by atoms with Gasteiger partial charge in [-0.05, 0) is 55.5 Å². The van der Waals surface area contributed by atoms with Crippen molar-refractivity contribution in [3.63, 3.8) is 0 Å². The molecular weight excluding hydrogens is 366 g/mol. The Morgan fingerprint density at radius 3 is 2.63 bits per heavy atom. The minimum absolute atomic E-state index is 0.102. The number of amides is 1. The third-order valence-electron chi connectivity index (χ3n) is 4.66. The van der Waals surface area contributed by atoms with Gasteiger partial charge in [0.1, 0.15) is 0 Å². The van der Waals surface area contributed by atoms with E-state index in [0.29, 0.717) is 23.7 Å². The fourth-order valence-corrected chi connectivity index (χ4v) is 3.28. The van der Waals surface area contributed by atoms with E-state index in [1.54, 1.807) is 30.3 Å². The van der Waals surface area contributed by atoms with Crippen molar-refractivity contribution in [2.75, 3.05) is 6.54 Å². The van der Waals surface area contributed by atoms with Gasteiger partial charge in [-0.3, -0.25) is 14.4 Å². The number of carbonyl (C=O) groups is 2. The molecule has 1 aromatic heterocycles. The molecule has 0 saturated carbocycles. The lowest BCUT2D eigenvalue weighted by atomic mass is 9.97. The van der Waals surface area contributed by atoms with Crippen LogP contribution in [0, 0.1) is 0 Å². The van der Waals surface area contributed by atoms with Crippen molar-refractivity contribution in [2.45, 2.75) is 45.1 Å². The predicted octanol–water partition coefficient (Wildman–Crippen LogP) is 2.55. The van der Waals surface area contributed by atoms with Gasteiger partial charge in [0.05, 0.1) is 12.2 Å². The quantitative estimate of drug-likeness (QED) is 0.740. The topological polar surface area (TPSA) is 81.1 Å². The molecule has 3 rings (SSSR count). The Morgan fingerprint density at radius 1 is 1.11 bits per heavy atom. The molecule has 7 heteroatoms. The second-order valence-electron chi connectivity index (χ2n) is 6.66. The molecule has 0 spiro atoms. The van der Waals surface area contributed by atoms with Crippen molar-refractivity contribution in [1.29, 1.82) is 0 Å². The molecular formula is C20H22ClN3O3. The summed E-state index contributed by atoms with van der Waals surface area (Å²) in [5.41, 5.74) is 2.44. The fourth-order valence-electron chi connectivity index (χ4n) is 3.16. The van der Waals surface area contributed by atoms with Crippen LogP contribution in [-0.4, -0.2) is 28.0 Å². The number of aromatic nitrogens is 2. The zero-order valence-electron chi connectivity index (χ0n) is 15.0. The summed E-state index contributed by atoms with van der Waals surface area (Å²) < 4.78 is 1.41. The summed E-state index contributed by atoms with van der Waals surface area (Å²) >= 11 is 5.80. The first-order valence-electron chi connectivity index (χ1n) is 9.18. The van der Waals surface area contributed by atoms with Gasteiger partial charge in [-0.1, -0.05) is 11.6 Å². The van der Waals surface area contributed by atoms with Crippen LogP contribution in [0.25, 0.3) is 0 Å². The van der Waals surface area contributed by atoms with E-state index in [9.17, 15) is 14.4 Å². The van der Waals surface area contributed by atoms with E-state index in [-0.39, 0.29) is 30.1 Å². The predicted molar refractivity (Wildman–Crippen MR) is 103 cm³/mol. The molecule has 1 aromatic carbocycles. The number of halogens is 1. The zero-order chi connectivity index (χ0) is 19.2. The Labute approximate surface area is 162 Å². The average Bonchev–Trinajstić information content (AvgIpc) is 2.67. The fraction of sp³-hybridized carbons (Fsp3) is 0.400. The van der Waals surface area contributed by atoms with Crippen LogP contribution in [0.5, 0.6) is 0 Å². The van der Waals surface area contributed by atoms with Gasteiger partial charge in [0, 0.05) is 36.0 Å². The highest BCUT2D eigenvalue weighted by Gasteiger charge is 2.13. The van der Waals surface area contributed by atoms with E-state index in [2.05, 4.69) is 10.4 Å². The molecule has 0 bridgehead atoms. The number of hydrogen-bond donors (Lipinski definition) is 1. The highest BCUT2D eigenvalue weighted by atomic mass is 35.5. The first-order valence-corrected chi connectivity index (χ1v) is 9.56. The molecule has 1 aliphatic rings. The number of nitrogens with one attached hydrogen (secondary N) is 1. The number of hydrogen-bond acceptors (Lipinski definition) is 4. The van der Waals surface area contributed by atoms with Crippen molar-refractivity contribution < 1.29 is 9.59 Å². The maximum absolute atomic E-state index is 12.1. The summed E-state index contributed by atoms with van der Waals surface area (Å²) in [6, 6.07) is 8.26. The van der Waals surface area contributed by atoms with Crippen molar-refractivity contribution in [3.8, 4) is 0 Å². The Balaban J connectivity index is 1.45. The van der Waals surface area contributed by atoms with Crippen LogP contribution in [0.4, 0.5) is 0 Å². The number of ketones is 1. The molecule has 27 heavy (non-hydrogen) atoms. The third kappa shape index (κ3) is 5.26. The molecule has 0 radical (unpaired) electrons. The lowest BCUT2D eigenvalue weighted by Gasteiger charge is -2.16. The lowest BCUT2D eigenvalue weighted by Crippen LogP contribution is -2.33. The minimum Gasteiger partial charge on any atom is -0.354 e. The van der Waals surface area contributed by atoms with Crippen LogP contribution in [0.1, 0.15) is 47.3 Å². The second-order valence-corrected chi connectivity index (χ2v) is 7.10. The number of aryl methyl sites for hydroxylation is 2. The Morgan fingerprint density at radius 2 is 1.85 bits per heavy atom. The molecule has 1 heterocycles. The zero-order valence-corrected chi connectivity index (χ0v) is 15.8. The highest BCUT2D eigenvalue weighted by Crippen LogP contribution is 2.16. The number of benzene rings is 1. The molecule has 1 aliphatic carbocycles. The maximum Gasteiger partial charge on any atom is 0.267 e. The van der Waals surface area contributed by atoms with Crippen LogP contribution in [0.3, 0.4) is 0 Å². The molecule has 2 aromatic rings. The van der Waals surface area contributed by atoms with Crippen LogP contribution < -0.4 is 10.9 Å². The first kappa shape index (κ1) is 19.3. The number of carbonyl (C=O) groups excluding carboxylic acids is 2. The molecule has 6 nitrogen and oxygen atoms in total. The highest BCUT2D eigenvalue weighted by molar-refractivity contribution is 6.30. The van der Waals surface area contributed by atoms with E-state index in [4.69, 9.17) is 11.6 Å². The number of fused-ring (bicyclic) bond motifs is 1. The van der Waals surface area contributed by atoms with Crippen LogP contribution in [0.15, 0.2) is 35.1 Å². The largest absolute Gasteiger partial charge is 0.354 e. The van der Waals surface area contributed by atoms with Gasteiger partial charge in [-0.15, -0.1) is 0 Å². The molecule has 0 atom stereocenters. The normalized spacial score (nSPS) is 13.1. The molecule has 1 N–H and O–H groups in total. The van der Waals surface area contributed by atoms with Crippen molar-refractivity contribution >= 4 is 23.3 Å². The monoisotopic (exact) mass is 387 g/mol. The smallest absolute Gasteiger partial charge is 0.267 e. The van der Waals surface area contributed by atoms with Gasteiger partial charge in [-0.2, -0.15) is 5.10 Å². The van der Waals surface area contributed by atoms with Gasteiger partial charge in [0.25, 0.3) is 5.56 Å². The van der Waals surface area contributed by atoms with Gasteiger partial charge in [-0.25, -0.2) is 4.68 Å². The molecule has 1 amide bonds. The number of Topliss-reactive ketones (excluding diaryl/α,β-unsaturated/α-hetero) is 1. The summed E-state index contributed by atoms with van der Waals surface area (Å²) in [6.07, 6.45) is 4.24. The summed E-state index contributed by atoms with van der Waals surface area (Å²) in [7, 11) is 0.